The fourth-order valence-electron chi connectivity index (χ4n) is 1.35. The smallest absolute Gasteiger partial charge is 0.0599 e. The number of nitrogens with two attached hydrogens (primary N) is 1. The van der Waals surface area contributed by atoms with E-state index < -0.39 is 0 Å². The molecular weight excluding hydrogens is 124 g/mol. The Bertz CT molecular complexity index is 138. The minimum absolute atomic E-state index is 0.327. The van der Waals surface area contributed by atoms with Crippen LogP contribution in [0.15, 0.2) is 0 Å². The van der Waals surface area contributed by atoms with E-state index in [9.17, 15) is 0 Å². The van der Waals surface area contributed by atoms with Crippen LogP contribution in [0.5, 0.6) is 0 Å². The van der Waals surface area contributed by atoms with Crippen molar-refractivity contribution in [2.75, 3.05) is 19.6 Å². The van der Waals surface area contributed by atoms with Gasteiger partial charge in [-0.3, -0.25) is 4.90 Å². The van der Waals surface area contributed by atoms with Gasteiger partial charge in [-0.25, -0.2) is 0 Å². The number of terminal acetylenes is 1. The molecule has 2 unspecified atom stereocenters. The molecule has 1 heterocycles. The maximum absolute atomic E-state index is 5.79. The molecule has 0 aromatic rings. The van der Waals surface area contributed by atoms with Gasteiger partial charge in [0.25, 0.3) is 0 Å². The van der Waals surface area contributed by atoms with Crippen LogP contribution in [0.1, 0.15) is 6.92 Å². The molecule has 2 heteroatoms. The standard InChI is InChI=1S/C8H14N2/c1-3-4-10-5-7(2)8(9)6-10/h1,7-8H,4-6,9H2,2H3. The van der Waals surface area contributed by atoms with E-state index in [0.29, 0.717) is 12.0 Å². The average Bonchev–Trinajstić information content (AvgIpc) is 2.14. The Morgan fingerprint density at radius 3 is 2.80 bits per heavy atom. The Kier molecular flexibility index (Phi) is 2.31. The van der Waals surface area contributed by atoms with Gasteiger partial charge >= 0.3 is 0 Å². The van der Waals surface area contributed by atoms with Crippen LogP contribution >= 0.6 is 0 Å². The molecule has 0 aromatic heterocycles. The number of rotatable bonds is 1. The summed E-state index contributed by atoms with van der Waals surface area (Å²) in [5.74, 6) is 3.23. The van der Waals surface area contributed by atoms with Crippen molar-refractivity contribution >= 4 is 0 Å². The van der Waals surface area contributed by atoms with Gasteiger partial charge in [0.05, 0.1) is 6.54 Å². The topological polar surface area (TPSA) is 29.3 Å². The molecule has 1 aliphatic heterocycles. The fourth-order valence-corrected chi connectivity index (χ4v) is 1.35. The third-order valence-electron chi connectivity index (χ3n) is 2.06. The van der Waals surface area contributed by atoms with Crippen molar-refractivity contribution in [2.45, 2.75) is 13.0 Å². The molecule has 0 radical (unpaired) electrons. The van der Waals surface area contributed by atoms with Gasteiger partial charge in [-0.05, 0) is 5.92 Å². The average molecular weight is 138 g/mol. The first kappa shape index (κ1) is 7.59. The zero-order chi connectivity index (χ0) is 7.56. The Hall–Kier alpha value is -0.520. The SMILES string of the molecule is C#CCN1CC(C)C(N)C1. The van der Waals surface area contributed by atoms with Crippen LogP contribution in [0.3, 0.4) is 0 Å². The van der Waals surface area contributed by atoms with Gasteiger partial charge in [0.15, 0.2) is 0 Å². The second-order valence-corrected chi connectivity index (χ2v) is 3.04. The van der Waals surface area contributed by atoms with Crippen molar-refractivity contribution < 1.29 is 0 Å². The molecule has 0 aliphatic carbocycles. The highest BCUT2D eigenvalue weighted by atomic mass is 15.2. The van der Waals surface area contributed by atoms with Crippen molar-refractivity contribution in [1.82, 2.24) is 4.90 Å². The molecule has 0 amide bonds. The monoisotopic (exact) mass is 138 g/mol. The van der Waals surface area contributed by atoms with E-state index in [2.05, 4.69) is 17.7 Å². The minimum atomic E-state index is 0.327. The lowest BCUT2D eigenvalue weighted by Crippen LogP contribution is -2.28. The number of nitrogens with zero attached hydrogens (tertiary/aromatic N) is 1. The summed E-state index contributed by atoms with van der Waals surface area (Å²) in [6.07, 6.45) is 5.17. The number of hydrogen-bond acceptors (Lipinski definition) is 2. The zero-order valence-electron chi connectivity index (χ0n) is 6.38. The number of hydrogen-bond donors (Lipinski definition) is 1. The Morgan fingerprint density at radius 1 is 1.70 bits per heavy atom. The molecule has 10 heavy (non-hydrogen) atoms. The Morgan fingerprint density at radius 2 is 2.40 bits per heavy atom. The summed E-state index contributed by atoms with van der Waals surface area (Å²) < 4.78 is 0. The highest BCUT2D eigenvalue weighted by molar-refractivity contribution is 4.93. The molecule has 1 aliphatic rings. The molecule has 1 rings (SSSR count). The van der Waals surface area contributed by atoms with Gasteiger partial charge < -0.3 is 5.73 Å². The summed E-state index contributed by atoms with van der Waals surface area (Å²) in [7, 11) is 0. The second kappa shape index (κ2) is 3.05. The first-order valence-corrected chi connectivity index (χ1v) is 3.65. The number of likely N-dealkylation sites (tertiary alicyclic amines) is 1. The second-order valence-electron chi connectivity index (χ2n) is 3.04. The molecule has 56 valence electrons. The van der Waals surface area contributed by atoms with E-state index in [4.69, 9.17) is 12.2 Å². The highest BCUT2D eigenvalue weighted by Crippen LogP contribution is 2.12. The van der Waals surface area contributed by atoms with E-state index in [0.717, 1.165) is 19.6 Å². The van der Waals surface area contributed by atoms with Gasteiger partial charge in [0.2, 0.25) is 0 Å². The summed E-state index contributed by atoms with van der Waals surface area (Å²) in [6.45, 7) is 4.94. The van der Waals surface area contributed by atoms with Gasteiger partial charge in [0.1, 0.15) is 0 Å². The van der Waals surface area contributed by atoms with Gasteiger partial charge in [0, 0.05) is 19.1 Å². The molecular formula is C8H14N2. The van der Waals surface area contributed by atoms with E-state index in [-0.39, 0.29) is 0 Å². The lowest BCUT2D eigenvalue weighted by atomic mass is 10.1. The summed E-state index contributed by atoms with van der Waals surface area (Å²) in [5, 5.41) is 0. The van der Waals surface area contributed by atoms with Crippen LogP contribution in [-0.4, -0.2) is 30.6 Å². The summed E-state index contributed by atoms with van der Waals surface area (Å²) >= 11 is 0. The molecule has 0 saturated carbocycles. The molecule has 2 nitrogen and oxygen atoms in total. The predicted molar refractivity (Wildman–Crippen MR) is 42.4 cm³/mol. The van der Waals surface area contributed by atoms with Crippen molar-refractivity contribution in [2.24, 2.45) is 11.7 Å². The molecule has 2 N–H and O–H groups in total. The van der Waals surface area contributed by atoms with Crippen molar-refractivity contribution in [3.05, 3.63) is 0 Å². The van der Waals surface area contributed by atoms with Crippen LogP contribution < -0.4 is 5.73 Å². The van der Waals surface area contributed by atoms with Gasteiger partial charge in [-0.15, -0.1) is 6.42 Å². The molecule has 0 bridgehead atoms. The van der Waals surface area contributed by atoms with Crippen LogP contribution in [0.4, 0.5) is 0 Å². The Balaban J connectivity index is 2.35. The quantitative estimate of drug-likeness (QED) is 0.513. The van der Waals surface area contributed by atoms with Crippen LogP contribution in [0.2, 0.25) is 0 Å². The molecule has 1 fully saturated rings. The van der Waals surface area contributed by atoms with E-state index >= 15 is 0 Å². The third-order valence-corrected chi connectivity index (χ3v) is 2.06. The van der Waals surface area contributed by atoms with Crippen LogP contribution in [0, 0.1) is 18.3 Å². The van der Waals surface area contributed by atoms with Crippen LogP contribution in [0.25, 0.3) is 0 Å². The maximum atomic E-state index is 5.79. The van der Waals surface area contributed by atoms with Crippen molar-refractivity contribution in [1.29, 1.82) is 0 Å². The third kappa shape index (κ3) is 1.50. The lowest BCUT2D eigenvalue weighted by Gasteiger charge is -2.09. The van der Waals surface area contributed by atoms with Gasteiger partial charge in [-0.2, -0.15) is 0 Å². The molecule has 2 atom stereocenters. The van der Waals surface area contributed by atoms with Crippen molar-refractivity contribution in [3.8, 4) is 12.3 Å². The summed E-state index contributed by atoms with van der Waals surface area (Å²) in [6, 6.07) is 0.327. The van der Waals surface area contributed by atoms with Crippen molar-refractivity contribution in [3.63, 3.8) is 0 Å². The Labute approximate surface area is 62.4 Å². The summed E-state index contributed by atoms with van der Waals surface area (Å²) in [5.41, 5.74) is 5.79. The predicted octanol–water partition coefficient (Wildman–Crippen LogP) is -0.101. The molecule has 1 saturated heterocycles. The van der Waals surface area contributed by atoms with E-state index in [1.807, 2.05) is 0 Å². The molecule has 0 spiro atoms. The fraction of sp³-hybridized carbons (Fsp3) is 0.750. The van der Waals surface area contributed by atoms with E-state index in [1.165, 1.54) is 0 Å². The molecule has 0 aromatic carbocycles. The largest absolute Gasteiger partial charge is 0.326 e. The zero-order valence-corrected chi connectivity index (χ0v) is 6.38. The summed E-state index contributed by atoms with van der Waals surface area (Å²) in [4.78, 5) is 2.22. The lowest BCUT2D eigenvalue weighted by molar-refractivity contribution is 0.368. The maximum Gasteiger partial charge on any atom is 0.0599 e. The highest BCUT2D eigenvalue weighted by Gasteiger charge is 2.25. The van der Waals surface area contributed by atoms with E-state index in [1.54, 1.807) is 0 Å². The minimum Gasteiger partial charge on any atom is -0.326 e. The normalized spacial score (nSPS) is 34.1. The van der Waals surface area contributed by atoms with Gasteiger partial charge in [-0.1, -0.05) is 12.8 Å². The first-order valence-electron chi connectivity index (χ1n) is 3.65. The van der Waals surface area contributed by atoms with Crippen LogP contribution in [-0.2, 0) is 0 Å². The first-order chi connectivity index (χ1) is 4.74.